The summed E-state index contributed by atoms with van der Waals surface area (Å²) in [4.78, 5) is 1.93. The molecule has 0 unspecified atom stereocenters. The smallest absolute Gasteiger partial charge is 0.188 e. The minimum absolute atomic E-state index is 0.183. The Morgan fingerprint density at radius 3 is 2.36 bits per heavy atom. The van der Waals surface area contributed by atoms with Gasteiger partial charge in [0.2, 0.25) is 0 Å². The van der Waals surface area contributed by atoms with Crippen LogP contribution >= 0.6 is 0 Å². The molecule has 0 bridgehead atoms. The van der Waals surface area contributed by atoms with E-state index in [-0.39, 0.29) is 5.96 Å². The predicted molar refractivity (Wildman–Crippen MR) is 61.2 cm³/mol. The third kappa shape index (κ3) is 6.71. The molecule has 0 aromatic carbocycles. The summed E-state index contributed by atoms with van der Waals surface area (Å²) in [6.07, 6.45) is 3.11. The number of guanidine groups is 1. The molecule has 5 N–H and O–H groups in total. The van der Waals surface area contributed by atoms with E-state index in [1.54, 1.807) is 0 Å². The van der Waals surface area contributed by atoms with Gasteiger partial charge in [-0.25, -0.2) is 0 Å². The number of nitrogens with two attached hydrogens (primary N) is 2. The van der Waals surface area contributed by atoms with E-state index in [0.29, 0.717) is 5.92 Å². The van der Waals surface area contributed by atoms with Gasteiger partial charge in [0.1, 0.15) is 0 Å². The van der Waals surface area contributed by atoms with Crippen LogP contribution in [0.25, 0.3) is 0 Å². The molecule has 14 heavy (non-hydrogen) atoms. The van der Waals surface area contributed by atoms with E-state index in [4.69, 9.17) is 16.9 Å². The highest BCUT2D eigenvalue weighted by molar-refractivity contribution is 5.74. The van der Waals surface area contributed by atoms with Crippen LogP contribution in [0.3, 0.4) is 0 Å². The zero-order valence-corrected chi connectivity index (χ0v) is 9.42. The third-order valence-electron chi connectivity index (χ3n) is 2.20. The van der Waals surface area contributed by atoms with Gasteiger partial charge in [-0.15, -0.1) is 0 Å². The van der Waals surface area contributed by atoms with Crippen molar-refractivity contribution in [2.45, 2.75) is 33.1 Å². The topological polar surface area (TPSA) is 79.1 Å². The van der Waals surface area contributed by atoms with Crippen LogP contribution in [0.1, 0.15) is 33.1 Å². The number of rotatable bonds is 7. The zero-order valence-electron chi connectivity index (χ0n) is 9.42. The normalized spacial score (nSPS) is 10.6. The fourth-order valence-electron chi connectivity index (χ4n) is 1.21. The molecule has 4 heteroatoms. The van der Waals surface area contributed by atoms with E-state index >= 15 is 0 Å². The van der Waals surface area contributed by atoms with Crippen LogP contribution in [0.15, 0.2) is 0 Å². The van der Waals surface area contributed by atoms with Gasteiger partial charge in [0.05, 0.1) is 0 Å². The molecule has 0 aromatic heterocycles. The molecule has 0 saturated carbocycles. The molecule has 0 aromatic rings. The Labute approximate surface area is 87.1 Å². The second-order valence-corrected chi connectivity index (χ2v) is 4.05. The number of hydrogen-bond donors (Lipinski definition) is 3. The molecule has 0 rings (SSSR count). The second-order valence-electron chi connectivity index (χ2n) is 4.05. The van der Waals surface area contributed by atoms with Gasteiger partial charge in [-0.2, -0.15) is 0 Å². The van der Waals surface area contributed by atoms with E-state index in [1.807, 2.05) is 4.90 Å². The van der Waals surface area contributed by atoms with Crippen molar-refractivity contribution in [1.82, 2.24) is 4.90 Å². The molecule has 0 amide bonds. The van der Waals surface area contributed by atoms with Gasteiger partial charge in [0, 0.05) is 13.1 Å². The Morgan fingerprint density at radius 2 is 1.93 bits per heavy atom. The minimum Gasteiger partial charge on any atom is -0.370 e. The van der Waals surface area contributed by atoms with Crippen LogP contribution in [-0.2, 0) is 0 Å². The Morgan fingerprint density at radius 1 is 1.29 bits per heavy atom. The van der Waals surface area contributed by atoms with E-state index < -0.39 is 0 Å². The van der Waals surface area contributed by atoms with Crippen LogP contribution < -0.4 is 11.5 Å². The van der Waals surface area contributed by atoms with Gasteiger partial charge in [0.25, 0.3) is 0 Å². The first-order chi connectivity index (χ1) is 6.57. The lowest BCUT2D eigenvalue weighted by molar-refractivity contribution is 0.366. The molecule has 0 aliphatic heterocycles. The summed E-state index contributed by atoms with van der Waals surface area (Å²) in [5.41, 5.74) is 10.9. The van der Waals surface area contributed by atoms with Crippen LogP contribution in [0.5, 0.6) is 0 Å². The molecular weight excluding hydrogens is 176 g/mol. The number of hydrogen-bond acceptors (Lipinski definition) is 2. The summed E-state index contributed by atoms with van der Waals surface area (Å²) < 4.78 is 0. The fraction of sp³-hybridized carbons (Fsp3) is 0.900. The van der Waals surface area contributed by atoms with Crippen molar-refractivity contribution in [1.29, 1.82) is 5.41 Å². The van der Waals surface area contributed by atoms with E-state index in [1.165, 1.54) is 0 Å². The standard InChI is InChI=1S/C10H24N4/c1-9(2)5-8-14(10(12)13)7-4-3-6-11/h9H,3-8,11H2,1-2H3,(H3,12,13). The van der Waals surface area contributed by atoms with Crippen molar-refractivity contribution < 1.29 is 0 Å². The van der Waals surface area contributed by atoms with Crippen molar-refractivity contribution in [2.24, 2.45) is 17.4 Å². The monoisotopic (exact) mass is 200 g/mol. The average Bonchev–Trinajstić information content (AvgIpc) is 2.10. The van der Waals surface area contributed by atoms with E-state index in [0.717, 1.165) is 38.9 Å². The first kappa shape index (κ1) is 13.2. The van der Waals surface area contributed by atoms with Gasteiger partial charge in [-0.1, -0.05) is 13.8 Å². The summed E-state index contributed by atoms with van der Waals surface area (Å²) in [5.74, 6) is 0.842. The van der Waals surface area contributed by atoms with Crippen molar-refractivity contribution >= 4 is 5.96 Å². The highest BCUT2D eigenvalue weighted by atomic mass is 15.2. The largest absolute Gasteiger partial charge is 0.370 e. The van der Waals surface area contributed by atoms with Crippen molar-refractivity contribution in [3.05, 3.63) is 0 Å². The molecule has 0 atom stereocenters. The van der Waals surface area contributed by atoms with Gasteiger partial charge in [-0.3, -0.25) is 5.41 Å². The molecule has 0 radical (unpaired) electrons. The molecule has 0 fully saturated rings. The van der Waals surface area contributed by atoms with Crippen molar-refractivity contribution in [3.63, 3.8) is 0 Å². The van der Waals surface area contributed by atoms with Crippen LogP contribution in [0, 0.1) is 11.3 Å². The maximum atomic E-state index is 7.40. The van der Waals surface area contributed by atoms with Gasteiger partial charge < -0.3 is 16.4 Å². The van der Waals surface area contributed by atoms with Crippen LogP contribution in [-0.4, -0.2) is 30.5 Å². The summed E-state index contributed by atoms with van der Waals surface area (Å²) in [6.45, 7) is 6.82. The lowest BCUT2D eigenvalue weighted by Crippen LogP contribution is -2.38. The Kier molecular flexibility index (Phi) is 7.20. The van der Waals surface area contributed by atoms with Crippen molar-refractivity contribution in [2.75, 3.05) is 19.6 Å². The molecule has 84 valence electrons. The SMILES string of the molecule is CC(C)CCN(CCCCN)C(=N)N. The molecule has 0 aliphatic rings. The first-order valence-corrected chi connectivity index (χ1v) is 5.37. The molecule has 0 aliphatic carbocycles. The number of unbranched alkanes of at least 4 members (excludes halogenated alkanes) is 1. The van der Waals surface area contributed by atoms with Crippen LogP contribution in [0.4, 0.5) is 0 Å². The molecule has 0 spiro atoms. The lowest BCUT2D eigenvalue weighted by Gasteiger charge is -2.23. The summed E-state index contributed by atoms with van der Waals surface area (Å²) in [5, 5.41) is 7.40. The summed E-state index contributed by atoms with van der Waals surface area (Å²) >= 11 is 0. The summed E-state index contributed by atoms with van der Waals surface area (Å²) in [6, 6.07) is 0. The van der Waals surface area contributed by atoms with E-state index in [2.05, 4.69) is 13.8 Å². The predicted octanol–water partition coefficient (Wildman–Crippen LogP) is 0.967. The Balaban J connectivity index is 3.72. The first-order valence-electron chi connectivity index (χ1n) is 5.37. The molecule has 0 heterocycles. The average molecular weight is 200 g/mol. The third-order valence-corrected chi connectivity index (χ3v) is 2.20. The minimum atomic E-state index is 0.183. The lowest BCUT2D eigenvalue weighted by atomic mass is 10.1. The van der Waals surface area contributed by atoms with Crippen LogP contribution in [0.2, 0.25) is 0 Å². The second kappa shape index (κ2) is 7.62. The van der Waals surface area contributed by atoms with Gasteiger partial charge >= 0.3 is 0 Å². The van der Waals surface area contributed by atoms with Gasteiger partial charge in [0.15, 0.2) is 5.96 Å². The highest BCUT2D eigenvalue weighted by Crippen LogP contribution is 2.02. The molecule has 0 saturated heterocycles. The Hall–Kier alpha value is -0.770. The quantitative estimate of drug-likeness (QED) is 0.325. The summed E-state index contributed by atoms with van der Waals surface area (Å²) in [7, 11) is 0. The van der Waals surface area contributed by atoms with E-state index in [9.17, 15) is 0 Å². The zero-order chi connectivity index (χ0) is 11.0. The highest BCUT2D eigenvalue weighted by Gasteiger charge is 2.06. The number of nitrogens with zero attached hydrogens (tertiary/aromatic N) is 1. The maximum absolute atomic E-state index is 7.40. The molecule has 4 nitrogen and oxygen atoms in total. The van der Waals surface area contributed by atoms with Crippen molar-refractivity contribution in [3.8, 4) is 0 Å². The maximum Gasteiger partial charge on any atom is 0.188 e. The number of nitrogens with one attached hydrogen (secondary N) is 1. The Bertz CT molecular complexity index is 156. The van der Waals surface area contributed by atoms with Gasteiger partial charge in [-0.05, 0) is 31.7 Å². The fourth-order valence-corrected chi connectivity index (χ4v) is 1.21. The molecular formula is C10H24N4.